The minimum Gasteiger partial charge on any atom is -0.324 e. The fourth-order valence-corrected chi connectivity index (χ4v) is 2.19. The van der Waals surface area contributed by atoms with Crippen LogP contribution in [0.2, 0.25) is 0 Å². The van der Waals surface area contributed by atoms with Gasteiger partial charge in [-0.15, -0.1) is 20.0 Å². The van der Waals surface area contributed by atoms with E-state index >= 15 is 0 Å². The van der Waals surface area contributed by atoms with Gasteiger partial charge in [0.25, 0.3) is 0 Å². The Balaban J connectivity index is 2.10. The van der Waals surface area contributed by atoms with Gasteiger partial charge in [0.15, 0.2) is 22.7 Å². The highest BCUT2D eigenvalue weighted by Gasteiger charge is 2.26. The summed E-state index contributed by atoms with van der Waals surface area (Å²) in [6.07, 6.45) is 0. The maximum absolute atomic E-state index is 8.94. The number of imidazole rings is 1. The molecule has 0 atom stereocenters. The fourth-order valence-electron chi connectivity index (χ4n) is 2.19. The fraction of sp³-hybridized carbons (Fsp3) is 0.357. The highest BCUT2D eigenvalue weighted by Crippen LogP contribution is 2.34. The highest BCUT2D eigenvalue weighted by molar-refractivity contribution is 5.67. The van der Waals surface area contributed by atoms with Gasteiger partial charge in [-0.3, -0.25) is 0 Å². The van der Waals surface area contributed by atoms with E-state index in [-0.39, 0.29) is 22.8 Å². The summed E-state index contributed by atoms with van der Waals surface area (Å²) in [5.74, 6) is 0.782. The van der Waals surface area contributed by atoms with E-state index in [9.17, 15) is 0 Å². The van der Waals surface area contributed by atoms with E-state index in [1.54, 1.807) is 0 Å². The number of fused-ring (bicyclic) bond motifs is 1. The van der Waals surface area contributed by atoms with Crippen LogP contribution in [0.25, 0.3) is 5.65 Å². The Morgan fingerprint density at radius 3 is 2.42 bits per heavy atom. The minimum atomic E-state index is -0.268. The van der Waals surface area contributed by atoms with Crippen molar-refractivity contribution in [3.8, 4) is 12.1 Å². The molecule has 0 fully saturated rings. The molecule has 120 valence electrons. The molecule has 0 unspecified atom stereocenters. The first-order chi connectivity index (χ1) is 11.3. The molecule has 10 nitrogen and oxygen atoms in total. The molecule has 0 radical (unpaired) electrons. The number of hydrogen-bond acceptors (Lipinski definition) is 7. The second-order valence-electron chi connectivity index (χ2n) is 6.20. The van der Waals surface area contributed by atoms with E-state index in [0.717, 1.165) is 5.69 Å². The van der Waals surface area contributed by atoms with Crippen LogP contribution >= 0.6 is 0 Å². The molecule has 0 aliphatic carbocycles. The molecule has 0 aliphatic heterocycles. The quantitative estimate of drug-likeness (QED) is 0.696. The van der Waals surface area contributed by atoms with Gasteiger partial charge in [-0.2, -0.15) is 20.6 Å². The SMILES string of the molecule is Cc1nn2nc(C(C)(C)C)c(/N=N/c3nc(C#N)c(C#N)[nH]3)c2[nH]1. The Morgan fingerprint density at radius 1 is 1.08 bits per heavy atom. The van der Waals surface area contributed by atoms with Crippen molar-refractivity contribution >= 4 is 17.3 Å². The van der Waals surface area contributed by atoms with Gasteiger partial charge in [-0.25, -0.2) is 0 Å². The van der Waals surface area contributed by atoms with Crippen molar-refractivity contribution < 1.29 is 0 Å². The minimum absolute atomic E-state index is 0.0139. The van der Waals surface area contributed by atoms with Gasteiger partial charge in [0.2, 0.25) is 5.95 Å². The highest BCUT2D eigenvalue weighted by atomic mass is 15.5. The van der Waals surface area contributed by atoms with Crippen LogP contribution in [-0.4, -0.2) is 29.8 Å². The van der Waals surface area contributed by atoms with Crippen LogP contribution in [-0.2, 0) is 5.41 Å². The molecule has 0 bridgehead atoms. The summed E-state index contributed by atoms with van der Waals surface area (Å²) in [7, 11) is 0. The molecule has 0 aromatic carbocycles. The molecule has 0 saturated carbocycles. The second-order valence-corrected chi connectivity index (χ2v) is 6.20. The molecule has 0 saturated heterocycles. The van der Waals surface area contributed by atoms with Crippen LogP contribution in [0.15, 0.2) is 10.2 Å². The standard InChI is InChI=1S/C14H14N10/c1-7-17-12-10(11(14(2,3)4)23-24(12)22-7)20-21-13-18-8(5-15)9(6-16)19-13/h1-4H3,(H,17,22)(H,18,19)/b21-20+. The Labute approximate surface area is 136 Å². The number of H-pyrrole nitrogens is 2. The van der Waals surface area contributed by atoms with Gasteiger partial charge in [0.1, 0.15) is 18.0 Å². The number of azo groups is 1. The predicted molar refractivity (Wildman–Crippen MR) is 83.0 cm³/mol. The molecule has 0 amide bonds. The lowest BCUT2D eigenvalue weighted by molar-refractivity contribution is 0.557. The monoisotopic (exact) mass is 322 g/mol. The Bertz CT molecular complexity index is 993. The Kier molecular flexibility index (Phi) is 3.38. The van der Waals surface area contributed by atoms with Gasteiger partial charge in [0.05, 0.1) is 5.69 Å². The first-order valence-corrected chi connectivity index (χ1v) is 7.11. The van der Waals surface area contributed by atoms with Crippen LogP contribution in [0.1, 0.15) is 43.7 Å². The summed E-state index contributed by atoms with van der Waals surface area (Å²) in [5.41, 5.74) is 1.65. The molecule has 2 N–H and O–H groups in total. The molecular formula is C14H14N10. The first kappa shape index (κ1) is 15.4. The number of rotatable bonds is 2. The number of aryl methyl sites for hydroxylation is 1. The average molecular weight is 322 g/mol. The summed E-state index contributed by atoms with van der Waals surface area (Å²) in [6.45, 7) is 7.84. The third-order valence-electron chi connectivity index (χ3n) is 3.25. The van der Waals surface area contributed by atoms with Crippen molar-refractivity contribution in [3.63, 3.8) is 0 Å². The maximum Gasteiger partial charge on any atom is 0.249 e. The number of nitrogens with zero attached hydrogens (tertiary/aromatic N) is 8. The molecular weight excluding hydrogens is 308 g/mol. The summed E-state index contributed by atoms with van der Waals surface area (Å²) >= 11 is 0. The number of hydrogen-bond donors (Lipinski definition) is 2. The number of aromatic nitrogens is 6. The number of aromatic amines is 2. The van der Waals surface area contributed by atoms with Gasteiger partial charge >= 0.3 is 0 Å². The molecule has 0 aliphatic rings. The lowest BCUT2D eigenvalue weighted by Crippen LogP contribution is -2.12. The predicted octanol–water partition coefficient (Wildman–Crippen LogP) is 2.55. The lowest BCUT2D eigenvalue weighted by atomic mass is 9.91. The zero-order chi connectivity index (χ0) is 17.5. The third kappa shape index (κ3) is 2.50. The van der Waals surface area contributed by atoms with Crippen LogP contribution < -0.4 is 0 Å². The summed E-state index contributed by atoms with van der Waals surface area (Å²) < 4.78 is 1.48. The van der Waals surface area contributed by atoms with Crippen LogP contribution in [0.3, 0.4) is 0 Å². The Morgan fingerprint density at radius 2 is 1.83 bits per heavy atom. The van der Waals surface area contributed by atoms with Crippen molar-refractivity contribution in [1.82, 2.24) is 29.8 Å². The van der Waals surface area contributed by atoms with Gasteiger partial charge < -0.3 is 9.97 Å². The van der Waals surface area contributed by atoms with E-state index in [1.807, 2.05) is 39.8 Å². The van der Waals surface area contributed by atoms with Crippen molar-refractivity contribution in [3.05, 3.63) is 22.9 Å². The summed E-state index contributed by atoms with van der Waals surface area (Å²) in [5, 5.41) is 34.8. The van der Waals surface area contributed by atoms with Crippen molar-refractivity contribution in [2.24, 2.45) is 10.2 Å². The zero-order valence-electron chi connectivity index (χ0n) is 13.6. The van der Waals surface area contributed by atoms with Crippen LogP contribution in [0.4, 0.5) is 11.6 Å². The lowest BCUT2D eigenvalue weighted by Gasteiger charge is -2.14. The van der Waals surface area contributed by atoms with Crippen molar-refractivity contribution in [1.29, 1.82) is 10.5 Å². The normalized spacial score (nSPS) is 11.9. The second kappa shape index (κ2) is 5.28. The smallest absolute Gasteiger partial charge is 0.249 e. The molecule has 3 rings (SSSR count). The molecule has 3 aromatic rings. The summed E-state index contributed by atoms with van der Waals surface area (Å²) in [6, 6.07) is 3.68. The largest absolute Gasteiger partial charge is 0.324 e. The molecule has 24 heavy (non-hydrogen) atoms. The van der Waals surface area contributed by atoms with Crippen LogP contribution in [0, 0.1) is 29.6 Å². The summed E-state index contributed by atoms with van der Waals surface area (Å²) in [4.78, 5) is 9.67. The molecule has 3 aromatic heterocycles. The van der Waals surface area contributed by atoms with Gasteiger partial charge in [-0.1, -0.05) is 20.8 Å². The number of nitriles is 2. The van der Waals surface area contributed by atoms with E-state index in [0.29, 0.717) is 17.2 Å². The van der Waals surface area contributed by atoms with Crippen LogP contribution in [0.5, 0.6) is 0 Å². The van der Waals surface area contributed by atoms with E-state index in [4.69, 9.17) is 10.5 Å². The number of nitrogens with one attached hydrogen (secondary N) is 2. The van der Waals surface area contributed by atoms with Gasteiger partial charge in [-0.05, 0) is 6.92 Å². The van der Waals surface area contributed by atoms with Crippen molar-refractivity contribution in [2.75, 3.05) is 0 Å². The van der Waals surface area contributed by atoms with E-state index < -0.39 is 0 Å². The zero-order valence-corrected chi connectivity index (χ0v) is 13.6. The molecule has 3 heterocycles. The average Bonchev–Trinajstić information content (AvgIpc) is 3.16. The molecule has 0 spiro atoms. The van der Waals surface area contributed by atoms with Gasteiger partial charge in [0, 0.05) is 5.41 Å². The first-order valence-electron chi connectivity index (χ1n) is 7.11. The maximum atomic E-state index is 8.94. The van der Waals surface area contributed by atoms with Crippen molar-refractivity contribution in [2.45, 2.75) is 33.1 Å². The molecule has 10 heteroatoms. The topological polar surface area (TPSA) is 147 Å². The third-order valence-corrected chi connectivity index (χ3v) is 3.25. The Hall–Kier alpha value is -3.53. The van der Waals surface area contributed by atoms with E-state index in [2.05, 4.69) is 35.4 Å². The van der Waals surface area contributed by atoms with E-state index in [1.165, 1.54) is 4.63 Å².